The van der Waals surface area contributed by atoms with E-state index in [0.717, 1.165) is 12.0 Å². The van der Waals surface area contributed by atoms with E-state index in [-0.39, 0.29) is 6.10 Å². The first-order chi connectivity index (χ1) is 16.5. The summed E-state index contributed by atoms with van der Waals surface area (Å²) in [5.74, 6) is 0.541. The maximum absolute atomic E-state index is 13.1. The number of aliphatic hydroxyl groups is 1. The number of hydrogen-bond donors (Lipinski definition) is 1. The lowest BCUT2D eigenvalue weighted by Crippen LogP contribution is -2.17. The zero-order chi connectivity index (χ0) is 23.7. The molecule has 1 aliphatic rings. The van der Waals surface area contributed by atoms with E-state index in [1.165, 1.54) is 11.0 Å². The van der Waals surface area contributed by atoms with Crippen molar-refractivity contribution in [2.45, 2.75) is 38.5 Å². The number of rotatable bonds is 7. The van der Waals surface area contributed by atoms with Crippen molar-refractivity contribution in [3.63, 3.8) is 0 Å². The van der Waals surface area contributed by atoms with Gasteiger partial charge in [0.2, 0.25) is 0 Å². The summed E-state index contributed by atoms with van der Waals surface area (Å²) in [6.07, 6.45) is 0.355. The molecule has 0 amide bonds. The van der Waals surface area contributed by atoms with Crippen LogP contribution < -0.4 is 4.74 Å². The van der Waals surface area contributed by atoms with Gasteiger partial charge in [0.15, 0.2) is 0 Å². The van der Waals surface area contributed by atoms with Crippen LogP contribution in [-0.2, 0) is 11.3 Å². The minimum atomic E-state index is -2.54. The highest BCUT2D eigenvalue weighted by molar-refractivity contribution is 5.96. The summed E-state index contributed by atoms with van der Waals surface area (Å²) in [4.78, 5) is 8.90. The van der Waals surface area contributed by atoms with E-state index in [1.54, 1.807) is 25.3 Å². The van der Waals surface area contributed by atoms with Crippen molar-refractivity contribution in [3.05, 3.63) is 60.6 Å². The second-order valence-corrected chi connectivity index (χ2v) is 8.28. The minimum Gasteiger partial charge on any atom is -0.487 e. The van der Waals surface area contributed by atoms with Gasteiger partial charge >= 0.3 is 0 Å². The van der Waals surface area contributed by atoms with Crippen molar-refractivity contribution in [3.8, 4) is 28.3 Å². The first kappa shape index (κ1) is 22.4. The number of aliphatic hydroxyl groups excluding tert-OH is 1. The Hall–Kier alpha value is -3.43. The maximum Gasteiger partial charge on any atom is 0.257 e. The van der Waals surface area contributed by atoms with Crippen LogP contribution in [-0.4, -0.2) is 50.6 Å². The average Bonchev–Trinajstić information content (AvgIpc) is 3.48. The number of fused-ring (bicyclic) bond motifs is 1. The van der Waals surface area contributed by atoms with Crippen LogP contribution in [0.5, 0.6) is 5.75 Å². The fraction of sp³-hybridized carbons (Fsp3) is 0.320. The maximum atomic E-state index is 13.1. The smallest absolute Gasteiger partial charge is 0.257 e. The number of alkyl halides is 2. The monoisotopic (exact) mass is 466 g/mol. The lowest BCUT2D eigenvalue weighted by atomic mass is 9.99. The van der Waals surface area contributed by atoms with Crippen molar-refractivity contribution in [1.82, 2.24) is 19.7 Å². The molecule has 7 nitrogen and oxygen atoms in total. The minimum absolute atomic E-state index is 0.0893. The molecule has 0 saturated carbocycles. The van der Waals surface area contributed by atoms with Gasteiger partial charge in [-0.2, -0.15) is 5.10 Å². The predicted molar refractivity (Wildman–Crippen MR) is 123 cm³/mol. The van der Waals surface area contributed by atoms with E-state index in [1.807, 2.05) is 30.3 Å². The van der Waals surface area contributed by atoms with Gasteiger partial charge in [0.25, 0.3) is 6.43 Å². The molecule has 176 valence electrons. The Morgan fingerprint density at radius 1 is 1.18 bits per heavy atom. The number of hydrogen-bond acceptors (Lipinski definition) is 6. The highest BCUT2D eigenvalue weighted by Crippen LogP contribution is 2.38. The van der Waals surface area contributed by atoms with E-state index >= 15 is 0 Å². The Bertz CT molecular complexity index is 1290. The summed E-state index contributed by atoms with van der Waals surface area (Å²) in [5.41, 5.74) is 3.69. The molecule has 0 bridgehead atoms. The Morgan fingerprint density at radius 2 is 2.00 bits per heavy atom. The van der Waals surface area contributed by atoms with Crippen LogP contribution in [0.25, 0.3) is 33.4 Å². The van der Waals surface area contributed by atoms with Gasteiger partial charge in [0.05, 0.1) is 30.5 Å². The van der Waals surface area contributed by atoms with Gasteiger partial charge < -0.3 is 14.6 Å². The quantitative estimate of drug-likeness (QED) is 0.427. The summed E-state index contributed by atoms with van der Waals surface area (Å²) in [6.45, 7) is 2.28. The zero-order valence-corrected chi connectivity index (χ0v) is 18.6. The molecule has 2 aromatic carbocycles. The SMILES string of the molecule is C[C@@H](O)c1cc2c(-c3cn(CC(F)F)nc3-c3ccccc3)ncnc2cc1OC1CCOC1. The van der Waals surface area contributed by atoms with E-state index in [0.29, 0.717) is 52.4 Å². The molecule has 34 heavy (non-hydrogen) atoms. The highest BCUT2D eigenvalue weighted by atomic mass is 19.3. The number of benzene rings is 2. The molecule has 1 N–H and O–H groups in total. The van der Waals surface area contributed by atoms with Crippen LogP contribution in [0.2, 0.25) is 0 Å². The Morgan fingerprint density at radius 3 is 2.71 bits per heavy atom. The van der Waals surface area contributed by atoms with Crippen molar-refractivity contribution in [1.29, 1.82) is 0 Å². The molecular weight excluding hydrogens is 442 g/mol. The van der Waals surface area contributed by atoms with E-state index in [4.69, 9.17) is 9.47 Å². The van der Waals surface area contributed by atoms with Crippen LogP contribution in [0, 0.1) is 0 Å². The van der Waals surface area contributed by atoms with Crippen LogP contribution in [0.1, 0.15) is 25.0 Å². The summed E-state index contributed by atoms with van der Waals surface area (Å²) in [5, 5.41) is 15.6. The van der Waals surface area contributed by atoms with Crippen LogP contribution >= 0.6 is 0 Å². The molecule has 1 aliphatic heterocycles. The topological polar surface area (TPSA) is 82.3 Å². The van der Waals surface area contributed by atoms with Gasteiger partial charge in [-0.05, 0) is 13.0 Å². The van der Waals surface area contributed by atoms with E-state index in [9.17, 15) is 13.9 Å². The fourth-order valence-corrected chi connectivity index (χ4v) is 4.17. The number of nitrogens with zero attached hydrogens (tertiary/aromatic N) is 4. The van der Waals surface area contributed by atoms with Gasteiger partial charge in [0, 0.05) is 40.8 Å². The summed E-state index contributed by atoms with van der Waals surface area (Å²) in [7, 11) is 0. The van der Waals surface area contributed by atoms with Gasteiger partial charge in [-0.3, -0.25) is 4.68 Å². The molecule has 5 rings (SSSR count). The molecule has 0 spiro atoms. The van der Waals surface area contributed by atoms with Crippen molar-refractivity contribution in [2.24, 2.45) is 0 Å². The first-order valence-electron chi connectivity index (χ1n) is 11.1. The fourth-order valence-electron chi connectivity index (χ4n) is 4.17. The van der Waals surface area contributed by atoms with Crippen molar-refractivity contribution >= 4 is 10.9 Å². The van der Waals surface area contributed by atoms with Crippen molar-refractivity contribution in [2.75, 3.05) is 13.2 Å². The molecule has 1 unspecified atom stereocenters. The van der Waals surface area contributed by atoms with E-state index < -0.39 is 19.1 Å². The van der Waals surface area contributed by atoms with Gasteiger partial charge in [-0.1, -0.05) is 30.3 Å². The lowest BCUT2D eigenvalue weighted by Gasteiger charge is -2.18. The van der Waals surface area contributed by atoms with Crippen LogP contribution in [0.4, 0.5) is 8.78 Å². The zero-order valence-electron chi connectivity index (χ0n) is 18.6. The van der Waals surface area contributed by atoms with Gasteiger partial charge in [0.1, 0.15) is 30.4 Å². The molecule has 2 aromatic heterocycles. The molecule has 3 heterocycles. The second-order valence-electron chi connectivity index (χ2n) is 8.28. The second kappa shape index (κ2) is 9.44. The third kappa shape index (κ3) is 4.49. The first-order valence-corrected chi connectivity index (χ1v) is 11.1. The molecule has 1 fully saturated rings. The van der Waals surface area contributed by atoms with Crippen molar-refractivity contribution < 1.29 is 23.4 Å². The predicted octanol–water partition coefficient (Wildman–Crippen LogP) is 4.65. The Balaban J connectivity index is 1.66. The van der Waals surface area contributed by atoms with Crippen LogP contribution in [0.15, 0.2) is 55.0 Å². The lowest BCUT2D eigenvalue weighted by molar-refractivity contribution is 0.122. The molecule has 1 saturated heterocycles. The number of halogens is 2. The average molecular weight is 466 g/mol. The standard InChI is InChI=1S/C25H24F2N4O3/c1-15(32)18-9-19-21(10-22(18)34-17-7-8-33-13-17)28-14-29-25(19)20-11-31(12-23(26)27)30-24(20)16-5-3-2-4-6-16/h2-6,9-11,14-15,17,23,32H,7-8,12-13H2,1H3/t15-,17?/m1/s1. The van der Waals surface area contributed by atoms with Gasteiger partial charge in [-0.25, -0.2) is 18.7 Å². The molecule has 2 atom stereocenters. The third-order valence-electron chi connectivity index (χ3n) is 5.79. The largest absolute Gasteiger partial charge is 0.487 e. The number of ether oxygens (including phenoxy) is 2. The third-order valence-corrected chi connectivity index (χ3v) is 5.79. The van der Waals surface area contributed by atoms with Crippen LogP contribution in [0.3, 0.4) is 0 Å². The molecule has 0 aliphatic carbocycles. The normalized spacial score (nSPS) is 16.9. The Labute approximate surface area is 195 Å². The summed E-state index contributed by atoms with van der Waals surface area (Å²) < 4.78 is 39.0. The van der Waals surface area contributed by atoms with Gasteiger partial charge in [-0.15, -0.1) is 0 Å². The summed E-state index contributed by atoms with van der Waals surface area (Å²) >= 11 is 0. The summed E-state index contributed by atoms with van der Waals surface area (Å²) in [6, 6.07) is 12.9. The van der Waals surface area contributed by atoms with E-state index in [2.05, 4.69) is 15.1 Å². The molecule has 9 heteroatoms. The molecule has 0 radical (unpaired) electrons. The number of aromatic nitrogens is 4. The Kier molecular flexibility index (Phi) is 6.21. The molecular formula is C25H24F2N4O3. The highest BCUT2D eigenvalue weighted by Gasteiger charge is 2.23. The molecule has 4 aromatic rings.